The van der Waals surface area contributed by atoms with Crippen molar-refractivity contribution in [2.75, 3.05) is 0 Å². The van der Waals surface area contributed by atoms with Crippen LogP contribution in [0.5, 0.6) is 5.75 Å². The van der Waals surface area contributed by atoms with Gasteiger partial charge in [-0.05, 0) is 58.2 Å². The number of benzene rings is 1. The maximum absolute atomic E-state index is 13.2. The number of phenols is 1. The van der Waals surface area contributed by atoms with E-state index in [1.807, 2.05) is 0 Å². The molecule has 4 heteroatoms. The normalized spacial score (nSPS) is 30.6. The molecular weight excluding hydrogens is 313 g/mol. The van der Waals surface area contributed by atoms with Crippen LogP contribution in [0.15, 0.2) is 12.1 Å². The molecule has 1 fully saturated rings. The van der Waals surface area contributed by atoms with Crippen LogP contribution >= 0.6 is 22.6 Å². The molecule has 1 aromatic carbocycles. The van der Waals surface area contributed by atoms with Gasteiger partial charge in [0.25, 0.3) is 5.92 Å². The second-order valence-corrected chi connectivity index (χ2v) is 5.50. The Morgan fingerprint density at radius 3 is 2.80 bits per heavy atom. The predicted octanol–water partition coefficient (Wildman–Crippen LogP) is 3.29. The Morgan fingerprint density at radius 1 is 1.40 bits per heavy atom. The van der Waals surface area contributed by atoms with Gasteiger partial charge in [-0.25, -0.2) is 8.78 Å². The van der Waals surface area contributed by atoms with Gasteiger partial charge in [0.2, 0.25) is 0 Å². The van der Waals surface area contributed by atoms with Gasteiger partial charge in [0, 0.05) is 15.9 Å². The summed E-state index contributed by atoms with van der Waals surface area (Å²) in [5.41, 5.74) is 1.71. The van der Waals surface area contributed by atoms with Crippen LogP contribution in [-0.2, 0) is 6.42 Å². The topological polar surface area (TPSA) is 20.2 Å². The summed E-state index contributed by atoms with van der Waals surface area (Å²) in [6, 6.07) is 3.40. The SMILES string of the molecule is Oc1ccc(I)c2c1CC1C2CC1(F)F. The number of rotatable bonds is 0. The van der Waals surface area contributed by atoms with Gasteiger partial charge in [-0.2, -0.15) is 0 Å². The Bertz CT molecular complexity index is 444. The molecule has 1 saturated carbocycles. The molecule has 3 rings (SSSR count). The Kier molecular flexibility index (Phi) is 1.86. The minimum Gasteiger partial charge on any atom is -0.508 e. The van der Waals surface area contributed by atoms with E-state index >= 15 is 0 Å². The summed E-state index contributed by atoms with van der Waals surface area (Å²) < 4.78 is 27.5. The average Bonchev–Trinajstić information content (AvgIpc) is 2.49. The number of phenolic OH excluding ortho intramolecular Hbond substituents is 1. The lowest BCUT2D eigenvalue weighted by molar-refractivity contribution is -0.141. The van der Waals surface area contributed by atoms with E-state index in [2.05, 4.69) is 22.6 Å². The zero-order valence-corrected chi connectivity index (χ0v) is 9.96. The summed E-state index contributed by atoms with van der Waals surface area (Å²) in [7, 11) is 0. The number of hydrogen-bond acceptors (Lipinski definition) is 1. The lowest BCUT2D eigenvalue weighted by Gasteiger charge is -2.40. The van der Waals surface area contributed by atoms with E-state index in [0.29, 0.717) is 6.42 Å². The number of fused-ring (bicyclic) bond motifs is 3. The second-order valence-electron chi connectivity index (χ2n) is 4.34. The molecule has 2 aliphatic carbocycles. The zero-order valence-electron chi connectivity index (χ0n) is 7.80. The summed E-state index contributed by atoms with van der Waals surface area (Å²) >= 11 is 2.16. The van der Waals surface area contributed by atoms with E-state index < -0.39 is 11.8 Å². The van der Waals surface area contributed by atoms with Crippen molar-refractivity contribution in [2.24, 2.45) is 5.92 Å². The lowest BCUT2D eigenvalue weighted by atomic mass is 9.71. The van der Waals surface area contributed by atoms with E-state index in [-0.39, 0.29) is 18.1 Å². The highest BCUT2D eigenvalue weighted by molar-refractivity contribution is 14.1. The molecule has 2 aliphatic rings. The van der Waals surface area contributed by atoms with Crippen LogP contribution in [0.4, 0.5) is 8.78 Å². The standard InChI is InChI=1S/C11H9F2IO/c12-11(13)4-6-7(11)3-5-9(15)2-1-8(14)10(5)6/h1-2,6-7,15H,3-4H2. The van der Waals surface area contributed by atoms with Gasteiger partial charge in [-0.15, -0.1) is 0 Å². The number of alkyl halides is 2. The van der Waals surface area contributed by atoms with Gasteiger partial charge < -0.3 is 5.11 Å². The Hall–Kier alpha value is -0.390. The van der Waals surface area contributed by atoms with Gasteiger partial charge in [-0.1, -0.05) is 0 Å². The van der Waals surface area contributed by atoms with E-state index in [4.69, 9.17) is 0 Å². The van der Waals surface area contributed by atoms with Gasteiger partial charge in [0.1, 0.15) is 5.75 Å². The fourth-order valence-electron chi connectivity index (χ4n) is 2.78. The first-order valence-electron chi connectivity index (χ1n) is 4.89. The molecule has 0 heterocycles. The zero-order chi connectivity index (χ0) is 10.8. The van der Waals surface area contributed by atoms with Gasteiger partial charge >= 0.3 is 0 Å². The molecule has 0 amide bonds. The van der Waals surface area contributed by atoms with Crippen molar-refractivity contribution in [3.63, 3.8) is 0 Å². The van der Waals surface area contributed by atoms with E-state index in [0.717, 1.165) is 14.7 Å². The highest BCUT2D eigenvalue weighted by Gasteiger charge is 2.60. The molecule has 1 N–H and O–H groups in total. The first kappa shape index (κ1) is 9.81. The van der Waals surface area contributed by atoms with E-state index in [1.165, 1.54) is 0 Å². The molecule has 15 heavy (non-hydrogen) atoms. The molecule has 1 aromatic rings. The Balaban J connectivity index is 2.11. The van der Waals surface area contributed by atoms with Crippen molar-refractivity contribution in [1.29, 1.82) is 0 Å². The lowest BCUT2D eigenvalue weighted by Crippen LogP contribution is -2.43. The third-order valence-corrected chi connectivity index (χ3v) is 4.53. The summed E-state index contributed by atoms with van der Waals surface area (Å²) in [5.74, 6) is -2.96. The van der Waals surface area contributed by atoms with Crippen LogP contribution in [0.25, 0.3) is 0 Å². The summed E-state index contributed by atoms with van der Waals surface area (Å²) in [6.07, 6.45) is 0.278. The highest BCUT2D eigenvalue weighted by atomic mass is 127. The molecule has 2 atom stereocenters. The van der Waals surface area contributed by atoms with Gasteiger partial charge in [0.05, 0.1) is 0 Å². The minimum absolute atomic E-state index is 0.0333. The second kappa shape index (κ2) is 2.84. The van der Waals surface area contributed by atoms with Crippen LogP contribution in [0, 0.1) is 9.49 Å². The first-order valence-corrected chi connectivity index (χ1v) is 5.96. The van der Waals surface area contributed by atoms with Gasteiger partial charge in [-0.3, -0.25) is 0 Å². The van der Waals surface area contributed by atoms with Crippen LogP contribution in [0.3, 0.4) is 0 Å². The molecule has 2 unspecified atom stereocenters. The van der Waals surface area contributed by atoms with Crippen LogP contribution in [0.1, 0.15) is 23.5 Å². The third kappa shape index (κ3) is 1.17. The number of hydrogen-bond donors (Lipinski definition) is 1. The average molecular weight is 322 g/mol. The molecule has 0 aliphatic heterocycles. The quantitative estimate of drug-likeness (QED) is 0.727. The predicted molar refractivity (Wildman–Crippen MR) is 60.3 cm³/mol. The summed E-state index contributed by atoms with van der Waals surface area (Å²) in [6.45, 7) is 0. The maximum Gasteiger partial charge on any atom is 0.252 e. The van der Waals surface area contributed by atoms with Crippen molar-refractivity contribution in [1.82, 2.24) is 0 Å². The fraction of sp³-hybridized carbons (Fsp3) is 0.455. The highest BCUT2D eigenvalue weighted by Crippen LogP contribution is 2.61. The monoisotopic (exact) mass is 322 g/mol. The minimum atomic E-state index is -2.53. The summed E-state index contributed by atoms with van der Waals surface area (Å²) in [4.78, 5) is 0. The van der Waals surface area contributed by atoms with E-state index in [1.54, 1.807) is 12.1 Å². The molecule has 0 radical (unpaired) electrons. The summed E-state index contributed by atoms with van der Waals surface area (Å²) in [5, 5.41) is 9.64. The fourth-order valence-corrected chi connectivity index (χ4v) is 3.68. The molecule has 0 aromatic heterocycles. The van der Waals surface area contributed by atoms with Crippen molar-refractivity contribution >= 4 is 22.6 Å². The van der Waals surface area contributed by atoms with Crippen LogP contribution < -0.4 is 0 Å². The molecule has 0 bridgehead atoms. The molecule has 0 saturated heterocycles. The maximum atomic E-state index is 13.2. The Morgan fingerprint density at radius 2 is 2.13 bits per heavy atom. The smallest absolute Gasteiger partial charge is 0.252 e. The molecular formula is C11H9F2IO. The van der Waals surface area contributed by atoms with Crippen molar-refractivity contribution in [3.05, 3.63) is 26.8 Å². The molecule has 0 spiro atoms. The van der Waals surface area contributed by atoms with Crippen molar-refractivity contribution < 1.29 is 13.9 Å². The van der Waals surface area contributed by atoms with Gasteiger partial charge in [0.15, 0.2) is 0 Å². The number of aromatic hydroxyl groups is 1. The molecule has 80 valence electrons. The molecule has 1 nitrogen and oxygen atoms in total. The Labute approximate surface area is 99.6 Å². The first-order chi connectivity index (χ1) is 7.00. The van der Waals surface area contributed by atoms with Crippen LogP contribution in [0.2, 0.25) is 0 Å². The number of halogens is 3. The van der Waals surface area contributed by atoms with Crippen molar-refractivity contribution in [2.45, 2.75) is 24.7 Å². The largest absolute Gasteiger partial charge is 0.508 e. The van der Waals surface area contributed by atoms with Crippen LogP contribution in [-0.4, -0.2) is 11.0 Å². The van der Waals surface area contributed by atoms with E-state index in [9.17, 15) is 13.9 Å². The third-order valence-electron chi connectivity index (χ3n) is 3.59. The van der Waals surface area contributed by atoms with Crippen molar-refractivity contribution in [3.8, 4) is 5.75 Å².